The lowest BCUT2D eigenvalue weighted by Gasteiger charge is -2.72. The molecule has 35 nitrogen and oxygen atoms in total. The highest BCUT2D eigenvalue weighted by molar-refractivity contribution is 5.79. The van der Waals surface area contributed by atoms with Gasteiger partial charge in [0.05, 0.1) is 69.5 Å². The van der Waals surface area contributed by atoms with Crippen molar-refractivity contribution in [3.63, 3.8) is 0 Å². The van der Waals surface area contributed by atoms with E-state index in [1.54, 1.807) is 6.92 Å². The Morgan fingerprint density at radius 2 is 0.942 bits per heavy atom. The Balaban J connectivity index is 0.770. The predicted molar refractivity (Wildman–Crippen MR) is 343 cm³/mol. The van der Waals surface area contributed by atoms with E-state index >= 15 is 4.79 Å². The number of carbonyl (C=O) groups excluding carboxylic acids is 1. The van der Waals surface area contributed by atoms with Gasteiger partial charge < -0.3 is 168 Å². The first-order valence-corrected chi connectivity index (χ1v) is 36.6. The maximum atomic E-state index is 15.8. The van der Waals surface area contributed by atoms with E-state index in [4.69, 9.17) is 66.3 Å². The highest BCUT2D eigenvalue weighted by Gasteiger charge is 2.72. The quantitative estimate of drug-likeness (QED) is 0.0366. The van der Waals surface area contributed by atoms with Gasteiger partial charge in [0, 0.05) is 5.41 Å². The van der Waals surface area contributed by atoms with Crippen LogP contribution in [0.5, 0.6) is 0 Å². The van der Waals surface area contributed by atoms with E-state index in [1.807, 2.05) is 0 Å². The van der Waals surface area contributed by atoms with Crippen LogP contribution in [0.25, 0.3) is 0 Å². The molecule has 5 aliphatic carbocycles. The van der Waals surface area contributed by atoms with Crippen molar-refractivity contribution < 1.29 is 173 Å². The fourth-order valence-electron chi connectivity index (χ4n) is 20.2. The molecular weight excluding hydrogens is 1390 g/mol. The SMILES string of the molecule is C[C@@H]1O[C@@H](O[C@@H]2[C@@H](O)[C@H](O[C@@H]3[C@@H](O[C@@H]4OC[C@@H](O)[C@H](O)[C@H]4O)[C@@H](O)[C@H](O[C@H]4[C@H](OC(=O)[C@]56CCC(C)(C)C[C@H]5C5=CC[C@@H]7[C@@]8(C)C[C@H](O)[C@H](O[C@@H]9O[C@H](CO)[C@@H](O)[C@H](O[C@@H]%10O[C@H](CO)[C@@H](O)[C@H](O)[C@H]%10O)[C@H]9O)[C@@](C)(CO)C8CC[C@@]7(C)[C@]5(C)CC6)OC[C@H](O)[C@@H]4O)O[C@H]3C)OC[C@H]2O)[C@H](O)[C@H](O)[C@H]1O. The lowest BCUT2D eigenvalue weighted by molar-refractivity contribution is -0.392. The molecule has 7 heterocycles. The number of fused-ring (bicyclic) bond motifs is 7. The van der Waals surface area contributed by atoms with Crippen LogP contribution in [0.1, 0.15) is 113 Å². The van der Waals surface area contributed by atoms with Crippen molar-refractivity contribution in [3.05, 3.63) is 11.6 Å². The first-order chi connectivity index (χ1) is 48.8. The molecule has 104 heavy (non-hydrogen) atoms. The Morgan fingerprint density at radius 1 is 0.442 bits per heavy atom. The van der Waals surface area contributed by atoms with Gasteiger partial charge in [-0.05, 0) is 111 Å². The minimum atomic E-state index is -2.07. The third-order valence-corrected chi connectivity index (χ3v) is 26.6. The van der Waals surface area contributed by atoms with Crippen LogP contribution in [0, 0.1) is 50.2 Å². The number of aliphatic hydroxyl groups is 20. The standard InChI is InChI=1S/C69H112O35/c1-25-37(77)42(82)45(85)58(94-25)99-51-32(76)23-92-57(47(51)87)98-50-26(2)95-60(49(89)53(50)101-56-44(84)38(78)30(74)21-91-56)102-54-39(79)31(75)22-93-62(54)104-63(90)69-15-13-64(3,4)17-28(69)27-9-10-36-65(5)18-29(73)55(66(6,24-72)35(65)11-12-68(36,8)67(27,7)14-16-69)103-61-48(88)52(41(81)34(20-71)97-61)100-59-46(86)43(83)40(80)33(19-70)96-59/h9,25-26,28-62,70-89H,10-24H2,1-8H3/t25-,26-,28-,29-,30+,31-,32+,33+,34+,35?,36+,37-,38-,39-,40+,41+,42+,43-,44+,45+,46+,47+,48+,49+,50-,51-,52-,53-,54+,55-,56-,57-,58-,59-,60-,61-,62-,65-,66-,67+,68+,69-/m0/s1. The Hall–Kier alpha value is -2.11. The van der Waals surface area contributed by atoms with Crippen LogP contribution in [0.2, 0.25) is 0 Å². The third-order valence-electron chi connectivity index (χ3n) is 26.6. The van der Waals surface area contributed by atoms with E-state index in [0.717, 1.165) is 5.57 Å². The molecule has 598 valence electrons. The molecule has 0 aromatic carbocycles. The van der Waals surface area contributed by atoms with Gasteiger partial charge in [0.25, 0.3) is 0 Å². The van der Waals surface area contributed by atoms with Crippen molar-refractivity contribution in [2.45, 2.75) is 322 Å². The van der Waals surface area contributed by atoms with E-state index in [0.29, 0.717) is 51.4 Å². The van der Waals surface area contributed by atoms with Crippen LogP contribution >= 0.6 is 0 Å². The van der Waals surface area contributed by atoms with E-state index in [2.05, 4.69) is 40.7 Å². The number of esters is 1. The fourth-order valence-corrected chi connectivity index (χ4v) is 20.2. The molecule has 11 fully saturated rings. The van der Waals surface area contributed by atoms with Gasteiger partial charge in [0.1, 0.15) is 134 Å². The molecule has 12 aliphatic rings. The van der Waals surface area contributed by atoms with Crippen molar-refractivity contribution in [1.29, 1.82) is 0 Å². The number of ether oxygens (including phenoxy) is 14. The number of allylic oxidation sites excluding steroid dienone is 2. The molecule has 4 saturated carbocycles. The summed E-state index contributed by atoms with van der Waals surface area (Å²) < 4.78 is 84.1. The summed E-state index contributed by atoms with van der Waals surface area (Å²) in [6.45, 7) is 11.8. The molecule has 20 N–H and O–H groups in total. The normalized spacial score (nSPS) is 55.6. The van der Waals surface area contributed by atoms with Crippen LogP contribution in [0.3, 0.4) is 0 Å². The smallest absolute Gasteiger partial charge is 0.315 e. The monoisotopic (exact) mass is 1500 g/mol. The van der Waals surface area contributed by atoms with Gasteiger partial charge in [-0.2, -0.15) is 0 Å². The minimum absolute atomic E-state index is 0.140. The average molecular weight is 1500 g/mol. The highest BCUT2D eigenvalue weighted by atomic mass is 16.8. The van der Waals surface area contributed by atoms with Crippen molar-refractivity contribution in [1.82, 2.24) is 0 Å². The van der Waals surface area contributed by atoms with E-state index in [1.165, 1.54) is 13.8 Å². The summed E-state index contributed by atoms with van der Waals surface area (Å²) in [6.07, 6.45) is -51.2. The molecule has 0 amide bonds. The molecule has 42 atom stereocenters. The van der Waals surface area contributed by atoms with Crippen molar-refractivity contribution in [3.8, 4) is 0 Å². The number of carbonyl (C=O) groups is 1. The molecule has 7 aliphatic heterocycles. The maximum Gasteiger partial charge on any atom is 0.315 e. The topological polar surface area (TPSA) is 551 Å². The first kappa shape index (κ1) is 81.4. The second-order valence-corrected chi connectivity index (χ2v) is 33.3. The summed E-state index contributed by atoms with van der Waals surface area (Å²) in [5.74, 6) is -1.57. The molecule has 0 bridgehead atoms. The molecule has 0 spiro atoms. The van der Waals surface area contributed by atoms with Gasteiger partial charge in [-0.1, -0.05) is 53.2 Å². The zero-order valence-corrected chi connectivity index (χ0v) is 59.6. The number of aliphatic hydroxyl groups excluding tert-OH is 20. The summed E-state index contributed by atoms with van der Waals surface area (Å²) in [5.41, 5.74) is -3.43. The minimum Gasteiger partial charge on any atom is -0.432 e. The Morgan fingerprint density at radius 3 is 1.60 bits per heavy atom. The zero-order chi connectivity index (χ0) is 75.7. The second-order valence-electron chi connectivity index (χ2n) is 33.3. The van der Waals surface area contributed by atoms with Crippen LogP contribution < -0.4 is 0 Å². The van der Waals surface area contributed by atoms with Crippen LogP contribution in [-0.4, -0.2) is 357 Å². The Kier molecular flexibility index (Phi) is 24.1. The van der Waals surface area contributed by atoms with Crippen LogP contribution in [0.15, 0.2) is 11.6 Å². The van der Waals surface area contributed by atoms with Crippen molar-refractivity contribution >= 4 is 5.97 Å². The highest BCUT2D eigenvalue weighted by Crippen LogP contribution is 2.76. The molecular formula is C69H112O35. The van der Waals surface area contributed by atoms with Gasteiger partial charge >= 0.3 is 5.97 Å². The summed E-state index contributed by atoms with van der Waals surface area (Å²) >= 11 is 0. The molecule has 0 radical (unpaired) electrons. The average Bonchev–Trinajstić information content (AvgIpc) is 0.672. The largest absolute Gasteiger partial charge is 0.432 e. The molecule has 0 aromatic rings. The number of rotatable bonds is 17. The van der Waals surface area contributed by atoms with Gasteiger partial charge in [-0.25, -0.2) is 0 Å². The molecule has 0 aromatic heterocycles. The van der Waals surface area contributed by atoms with Crippen LogP contribution in [-0.2, 0) is 71.1 Å². The van der Waals surface area contributed by atoms with E-state index in [9.17, 15) is 102 Å². The number of hydrogen-bond donors (Lipinski definition) is 20. The molecule has 1 unspecified atom stereocenters. The fraction of sp³-hybridized carbons (Fsp3) is 0.957. The molecule has 12 rings (SSSR count). The van der Waals surface area contributed by atoms with Crippen molar-refractivity contribution in [2.75, 3.05) is 39.6 Å². The zero-order valence-electron chi connectivity index (χ0n) is 59.6. The number of hydrogen-bond acceptors (Lipinski definition) is 35. The predicted octanol–water partition coefficient (Wildman–Crippen LogP) is -6.65. The van der Waals surface area contributed by atoms with E-state index < -0.39 is 287 Å². The summed E-state index contributed by atoms with van der Waals surface area (Å²) in [7, 11) is 0. The summed E-state index contributed by atoms with van der Waals surface area (Å²) in [4.78, 5) is 15.8. The van der Waals surface area contributed by atoms with Crippen molar-refractivity contribution in [2.24, 2.45) is 50.2 Å². The molecule has 35 heteroatoms. The van der Waals surface area contributed by atoms with Gasteiger partial charge in [-0.3, -0.25) is 4.79 Å². The van der Waals surface area contributed by atoms with Gasteiger partial charge in [-0.15, -0.1) is 0 Å². The third kappa shape index (κ3) is 14.0. The summed E-state index contributed by atoms with van der Waals surface area (Å²) in [6, 6.07) is 0. The van der Waals surface area contributed by atoms with Crippen LogP contribution in [0.4, 0.5) is 0 Å². The molecule has 7 saturated heterocycles. The Labute approximate surface area is 600 Å². The summed E-state index contributed by atoms with van der Waals surface area (Å²) in [5, 5.41) is 221. The Bertz CT molecular complexity index is 2960. The second kappa shape index (κ2) is 30.8. The van der Waals surface area contributed by atoms with Gasteiger partial charge in [0.15, 0.2) is 43.8 Å². The maximum absolute atomic E-state index is 15.8. The lowest BCUT2D eigenvalue weighted by atomic mass is 9.33. The van der Waals surface area contributed by atoms with Gasteiger partial charge in [0.2, 0.25) is 6.29 Å². The lowest BCUT2D eigenvalue weighted by Crippen LogP contribution is -2.70. The van der Waals surface area contributed by atoms with E-state index in [-0.39, 0.29) is 23.7 Å². The first-order valence-electron chi connectivity index (χ1n) is 36.6.